The number of hydrogen-bond acceptors (Lipinski definition) is 3. The zero-order valence-corrected chi connectivity index (χ0v) is 14.9. The summed E-state index contributed by atoms with van der Waals surface area (Å²) in [6.07, 6.45) is 3.89. The highest BCUT2D eigenvalue weighted by molar-refractivity contribution is 5.91. The largest absolute Gasteiger partial charge is 0.377 e. The third kappa shape index (κ3) is 3.56. The molecule has 3 rings (SSSR count). The molecule has 25 heavy (non-hydrogen) atoms. The van der Waals surface area contributed by atoms with E-state index in [0.29, 0.717) is 0 Å². The summed E-state index contributed by atoms with van der Waals surface area (Å²) in [6.45, 7) is 2.18. The highest BCUT2D eigenvalue weighted by Crippen LogP contribution is 2.26. The van der Waals surface area contributed by atoms with Gasteiger partial charge in [0, 0.05) is 19.8 Å². The van der Waals surface area contributed by atoms with Gasteiger partial charge in [-0.2, -0.15) is 5.10 Å². The zero-order chi connectivity index (χ0) is 17.8. The van der Waals surface area contributed by atoms with Crippen LogP contribution in [0.15, 0.2) is 65.8 Å². The summed E-state index contributed by atoms with van der Waals surface area (Å²) in [5, 5.41) is 6.14. The van der Waals surface area contributed by atoms with Crippen LogP contribution in [0.1, 0.15) is 22.3 Å². The Hall–Kier alpha value is -3.07. The number of benzene rings is 3. The maximum atomic E-state index is 5.22. The lowest BCUT2D eigenvalue weighted by Gasteiger charge is -2.19. The van der Waals surface area contributed by atoms with E-state index in [1.54, 1.807) is 6.21 Å². The number of nitrogens with zero attached hydrogens (tertiary/aromatic N) is 2. The standard InChI is InChI=1S/C22H23N3/c1-16-20(13-12-18-6-4-5-7-21(16)18)14-22(25(2)3)19-10-8-17(9-11-19)15-24-23/h4-15H,23H2,1-3H3/b22-14?,24-15+. The van der Waals surface area contributed by atoms with Crippen LogP contribution in [0.25, 0.3) is 22.5 Å². The second kappa shape index (κ2) is 7.22. The van der Waals surface area contributed by atoms with E-state index in [-0.39, 0.29) is 0 Å². The minimum atomic E-state index is 0.992. The lowest BCUT2D eigenvalue weighted by Crippen LogP contribution is -2.10. The van der Waals surface area contributed by atoms with Crippen molar-refractivity contribution in [2.24, 2.45) is 10.9 Å². The average molecular weight is 329 g/mol. The molecule has 126 valence electrons. The summed E-state index contributed by atoms with van der Waals surface area (Å²) in [5.41, 5.74) is 5.84. The molecule has 2 N–H and O–H groups in total. The molecule has 0 heterocycles. The molecule has 0 unspecified atom stereocenters. The van der Waals surface area contributed by atoms with E-state index in [1.807, 2.05) is 12.1 Å². The summed E-state index contributed by atoms with van der Waals surface area (Å²) in [6, 6.07) is 21.1. The van der Waals surface area contributed by atoms with Crippen molar-refractivity contribution in [1.29, 1.82) is 0 Å². The van der Waals surface area contributed by atoms with E-state index in [2.05, 4.69) is 85.6 Å². The molecule has 0 aliphatic carbocycles. The molecule has 0 radical (unpaired) electrons. The third-order valence-corrected chi connectivity index (χ3v) is 4.44. The van der Waals surface area contributed by atoms with Crippen molar-refractivity contribution >= 4 is 28.8 Å². The number of nitrogens with two attached hydrogens (primary N) is 1. The van der Waals surface area contributed by atoms with Gasteiger partial charge in [-0.25, -0.2) is 0 Å². The van der Waals surface area contributed by atoms with Crippen LogP contribution in [0.2, 0.25) is 0 Å². The maximum Gasteiger partial charge on any atom is 0.0538 e. The highest BCUT2D eigenvalue weighted by atomic mass is 15.1. The fourth-order valence-corrected chi connectivity index (χ4v) is 3.04. The Bertz CT molecular complexity index is 935. The van der Waals surface area contributed by atoms with Crippen LogP contribution in [-0.2, 0) is 0 Å². The number of hydrazone groups is 1. The Labute approximate surface area is 149 Å². The molecule has 3 aromatic carbocycles. The van der Waals surface area contributed by atoms with Crippen molar-refractivity contribution in [1.82, 2.24) is 4.90 Å². The van der Waals surface area contributed by atoms with Gasteiger partial charge in [-0.15, -0.1) is 0 Å². The topological polar surface area (TPSA) is 41.6 Å². The van der Waals surface area contributed by atoms with Crippen molar-refractivity contribution < 1.29 is 0 Å². The maximum absolute atomic E-state index is 5.22. The molecule has 0 aliphatic rings. The summed E-state index contributed by atoms with van der Waals surface area (Å²) in [7, 11) is 4.13. The van der Waals surface area contributed by atoms with Gasteiger partial charge >= 0.3 is 0 Å². The van der Waals surface area contributed by atoms with Crippen molar-refractivity contribution in [3.05, 3.63) is 82.9 Å². The smallest absolute Gasteiger partial charge is 0.0538 e. The Morgan fingerprint density at radius 2 is 1.68 bits per heavy atom. The first-order valence-corrected chi connectivity index (χ1v) is 8.31. The first-order chi connectivity index (χ1) is 12.1. The normalized spacial score (nSPS) is 12.0. The van der Waals surface area contributed by atoms with Crippen LogP contribution in [0.5, 0.6) is 0 Å². The molecule has 3 aromatic rings. The monoisotopic (exact) mass is 329 g/mol. The van der Waals surface area contributed by atoms with Crippen LogP contribution in [-0.4, -0.2) is 25.2 Å². The molecule has 0 atom stereocenters. The van der Waals surface area contributed by atoms with Crippen LogP contribution in [0.3, 0.4) is 0 Å². The van der Waals surface area contributed by atoms with Crippen LogP contribution in [0, 0.1) is 6.92 Å². The quantitative estimate of drug-likeness (QED) is 0.331. The molecule has 0 spiro atoms. The Balaban J connectivity index is 2.07. The first kappa shape index (κ1) is 16.8. The fourth-order valence-electron chi connectivity index (χ4n) is 3.04. The molecule has 0 fully saturated rings. The molecule has 0 aliphatic heterocycles. The first-order valence-electron chi connectivity index (χ1n) is 8.31. The summed E-state index contributed by atoms with van der Waals surface area (Å²) >= 11 is 0. The predicted octanol–water partition coefficient (Wildman–Crippen LogP) is 4.50. The molecule has 3 heteroatoms. The van der Waals surface area contributed by atoms with Crippen molar-refractivity contribution in [2.75, 3.05) is 14.1 Å². The van der Waals surface area contributed by atoms with Crippen molar-refractivity contribution in [2.45, 2.75) is 6.92 Å². The lowest BCUT2D eigenvalue weighted by atomic mass is 9.98. The number of rotatable bonds is 4. The number of aryl methyl sites for hydroxylation is 1. The molecule has 0 saturated carbocycles. The Morgan fingerprint density at radius 3 is 2.36 bits per heavy atom. The molecular weight excluding hydrogens is 306 g/mol. The average Bonchev–Trinajstić information content (AvgIpc) is 2.62. The van der Waals surface area contributed by atoms with Gasteiger partial charge in [0.2, 0.25) is 0 Å². The second-order valence-corrected chi connectivity index (χ2v) is 6.33. The van der Waals surface area contributed by atoms with Gasteiger partial charge in [-0.05, 0) is 46.0 Å². The minimum absolute atomic E-state index is 0.992. The van der Waals surface area contributed by atoms with Gasteiger partial charge in [0.15, 0.2) is 0 Å². The van der Waals surface area contributed by atoms with Gasteiger partial charge in [0.1, 0.15) is 0 Å². The van der Waals surface area contributed by atoms with Gasteiger partial charge in [-0.3, -0.25) is 0 Å². The number of hydrogen-bond donors (Lipinski definition) is 1. The Morgan fingerprint density at radius 1 is 0.960 bits per heavy atom. The minimum Gasteiger partial charge on any atom is -0.377 e. The Kier molecular flexibility index (Phi) is 4.85. The zero-order valence-electron chi connectivity index (χ0n) is 14.9. The van der Waals surface area contributed by atoms with Crippen LogP contribution < -0.4 is 5.84 Å². The van der Waals surface area contributed by atoms with E-state index in [4.69, 9.17) is 5.84 Å². The lowest BCUT2D eigenvalue weighted by molar-refractivity contribution is 0.595. The molecule has 0 aromatic heterocycles. The van der Waals surface area contributed by atoms with E-state index >= 15 is 0 Å². The molecule has 0 amide bonds. The van der Waals surface area contributed by atoms with Gasteiger partial charge < -0.3 is 10.7 Å². The van der Waals surface area contributed by atoms with E-state index in [0.717, 1.165) is 16.8 Å². The summed E-state index contributed by atoms with van der Waals surface area (Å²) in [5.74, 6) is 5.22. The molecule has 3 nitrogen and oxygen atoms in total. The fraction of sp³-hybridized carbons (Fsp3) is 0.136. The van der Waals surface area contributed by atoms with Crippen LogP contribution >= 0.6 is 0 Å². The molecule has 0 bridgehead atoms. The highest BCUT2D eigenvalue weighted by Gasteiger charge is 2.07. The summed E-state index contributed by atoms with van der Waals surface area (Å²) in [4.78, 5) is 2.14. The van der Waals surface area contributed by atoms with Crippen molar-refractivity contribution in [3.63, 3.8) is 0 Å². The van der Waals surface area contributed by atoms with E-state index in [9.17, 15) is 0 Å². The summed E-state index contributed by atoms with van der Waals surface area (Å²) < 4.78 is 0. The van der Waals surface area contributed by atoms with E-state index < -0.39 is 0 Å². The van der Waals surface area contributed by atoms with Crippen LogP contribution in [0.4, 0.5) is 0 Å². The second-order valence-electron chi connectivity index (χ2n) is 6.33. The van der Waals surface area contributed by atoms with Crippen molar-refractivity contribution in [3.8, 4) is 0 Å². The molecule has 0 saturated heterocycles. The predicted molar refractivity (Wildman–Crippen MR) is 108 cm³/mol. The van der Waals surface area contributed by atoms with Gasteiger partial charge in [-0.1, -0.05) is 60.7 Å². The van der Waals surface area contributed by atoms with Gasteiger partial charge in [0.25, 0.3) is 0 Å². The van der Waals surface area contributed by atoms with E-state index in [1.165, 1.54) is 21.9 Å². The number of fused-ring (bicyclic) bond motifs is 1. The van der Waals surface area contributed by atoms with Gasteiger partial charge in [0.05, 0.1) is 6.21 Å². The third-order valence-electron chi connectivity index (χ3n) is 4.44. The SMILES string of the molecule is Cc1c(C=C(c2ccc(/C=N/N)cc2)N(C)C)ccc2ccccc12. The molecular formula is C22H23N3.